The summed E-state index contributed by atoms with van der Waals surface area (Å²) in [4.78, 5) is 4.61. The maximum absolute atomic E-state index is 2.38. The Morgan fingerprint density at radius 1 is 1.06 bits per heavy atom. The second-order valence-electron chi connectivity index (χ2n) is 5.62. The van der Waals surface area contributed by atoms with Crippen LogP contribution in [0.5, 0.6) is 0 Å². The van der Waals surface area contributed by atoms with Gasteiger partial charge in [-0.15, -0.1) is 0 Å². The van der Waals surface area contributed by atoms with E-state index in [0.717, 1.165) is 19.5 Å². The van der Waals surface area contributed by atoms with E-state index in [2.05, 4.69) is 69.9 Å². The van der Waals surface area contributed by atoms with E-state index in [9.17, 15) is 0 Å². The van der Waals surface area contributed by atoms with E-state index < -0.39 is 0 Å². The third kappa shape index (κ3) is 4.02. The maximum atomic E-state index is 2.38. The molecule has 0 atom stereocenters. The second kappa shape index (κ2) is 6.79. The van der Waals surface area contributed by atoms with E-state index in [0.29, 0.717) is 5.92 Å². The maximum Gasteiger partial charge on any atom is 0.0399 e. The Morgan fingerprint density at radius 2 is 1.72 bits per heavy atom. The molecule has 0 saturated heterocycles. The van der Waals surface area contributed by atoms with Gasteiger partial charge < -0.3 is 9.80 Å². The SMILES string of the molecule is CCc1ccc(C(C)C)cc1N(C)CCN(C)C. The van der Waals surface area contributed by atoms with E-state index in [-0.39, 0.29) is 0 Å². The van der Waals surface area contributed by atoms with Crippen LogP contribution in [0.3, 0.4) is 0 Å². The summed E-state index contributed by atoms with van der Waals surface area (Å²) in [6.45, 7) is 8.90. The van der Waals surface area contributed by atoms with Gasteiger partial charge >= 0.3 is 0 Å². The first-order valence-corrected chi connectivity index (χ1v) is 6.94. The topological polar surface area (TPSA) is 6.48 Å². The molecular weight excluding hydrogens is 220 g/mol. The monoisotopic (exact) mass is 248 g/mol. The van der Waals surface area contributed by atoms with Gasteiger partial charge in [0.25, 0.3) is 0 Å². The van der Waals surface area contributed by atoms with Gasteiger partial charge in [0, 0.05) is 25.8 Å². The highest BCUT2D eigenvalue weighted by Gasteiger charge is 2.09. The summed E-state index contributed by atoms with van der Waals surface area (Å²) in [5.74, 6) is 0.594. The molecule has 2 heteroatoms. The van der Waals surface area contributed by atoms with Crippen LogP contribution in [-0.4, -0.2) is 39.1 Å². The lowest BCUT2D eigenvalue weighted by atomic mass is 9.99. The molecule has 1 rings (SSSR count). The molecule has 0 radical (unpaired) electrons. The molecule has 0 bridgehead atoms. The molecule has 0 unspecified atom stereocenters. The zero-order valence-electron chi connectivity index (χ0n) is 12.8. The van der Waals surface area contributed by atoms with Gasteiger partial charge in [0.05, 0.1) is 0 Å². The molecule has 0 saturated carbocycles. The molecule has 1 aromatic carbocycles. The number of nitrogens with zero attached hydrogens (tertiary/aromatic N) is 2. The van der Waals surface area contributed by atoms with E-state index in [1.54, 1.807) is 0 Å². The summed E-state index contributed by atoms with van der Waals surface area (Å²) in [6, 6.07) is 6.92. The van der Waals surface area contributed by atoms with E-state index >= 15 is 0 Å². The molecule has 0 aliphatic heterocycles. The molecule has 0 aromatic heterocycles. The number of benzene rings is 1. The van der Waals surface area contributed by atoms with Crippen molar-refractivity contribution in [3.05, 3.63) is 29.3 Å². The first-order chi connectivity index (χ1) is 8.45. The van der Waals surface area contributed by atoms with E-state index in [4.69, 9.17) is 0 Å². The number of rotatable bonds is 6. The highest BCUT2D eigenvalue weighted by Crippen LogP contribution is 2.25. The molecule has 0 fully saturated rings. The molecular formula is C16H28N2. The van der Waals surface area contributed by atoms with Gasteiger partial charge in [-0.1, -0.05) is 32.9 Å². The lowest BCUT2D eigenvalue weighted by molar-refractivity contribution is 0.416. The molecule has 0 amide bonds. The van der Waals surface area contributed by atoms with Gasteiger partial charge in [0.2, 0.25) is 0 Å². The Labute approximate surface area is 113 Å². The van der Waals surface area contributed by atoms with Crippen LogP contribution in [0.2, 0.25) is 0 Å². The third-order valence-corrected chi connectivity index (χ3v) is 3.45. The molecule has 2 nitrogen and oxygen atoms in total. The van der Waals surface area contributed by atoms with Gasteiger partial charge in [0.15, 0.2) is 0 Å². The molecule has 102 valence electrons. The predicted molar refractivity (Wildman–Crippen MR) is 81.7 cm³/mol. The number of likely N-dealkylation sites (N-methyl/N-ethyl adjacent to an activating group) is 2. The fraction of sp³-hybridized carbons (Fsp3) is 0.625. The van der Waals surface area contributed by atoms with Gasteiger partial charge in [0.1, 0.15) is 0 Å². The largest absolute Gasteiger partial charge is 0.373 e. The Bertz CT molecular complexity index is 369. The average Bonchev–Trinajstić information content (AvgIpc) is 2.34. The highest BCUT2D eigenvalue weighted by molar-refractivity contribution is 5.55. The summed E-state index contributed by atoms with van der Waals surface area (Å²) in [6.07, 6.45) is 1.10. The molecule has 0 aliphatic rings. The Kier molecular flexibility index (Phi) is 5.67. The van der Waals surface area contributed by atoms with Crippen molar-refractivity contribution in [2.45, 2.75) is 33.1 Å². The van der Waals surface area contributed by atoms with Crippen molar-refractivity contribution in [2.75, 3.05) is 39.1 Å². The molecule has 0 spiro atoms. The highest BCUT2D eigenvalue weighted by atomic mass is 15.2. The zero-order chi connectivity index (χ0) is 13.7. The lowest BCUT2D eigenvalue weighted by Gasteiger charge is -2.25. The van der Waals surface area contributed by atoms with Crippen molar-refractivity contribution in [2.24, 2.45) is 0 Å². The minimum atomic E-state index is 0.594. The van der Waals surface area contributed by atoms with Crippen molar-refractivity contribution >= 4 is 5.69 Å². The van der Waals surface area contributed by atoms with E-state index in [1.807, 2.05) is 0 Å². The molecule has 1 aromatic rings. The lowest BCUT2D eigenvalue weighted by Crippen LogP contribution is -2.29. The van der Waals surface area contributed by atoms with Crippen LogP contribution in [0, 0.1) is 0 Å². The summed E-state index contributed by atoms with van der Waals surface area (Å²) >= 11 is 0. The van der Waals surface area contributed by atoms with Crippen LogP contribution in [0.25, 0.3) is 0 Å². The third-order valence-electron chi connectivity index (χ3n) is 3.45. The van der Waals surface area contributed by atoms with Crippen molar-refractivity contribution in [1.29, 1.82) is 0 Å². The number of aryl methyl sites for hydroxylation is 1. The summed E-state index contributed by atoms with van der Waals surface area (Å²) in [5, 5.41) is 0. The standard InChI is InChI=1S/C16H28N2/c1-7-14-8-9-15(13(2)3)12-16(14)18(6)11-10-17(4)5/h8-9,12-13H,7,10-11H2,1-6H3. The second-order valence-corrected chi connectivity index (χ2v) is 5.62. The fourth-order valence-electron chi connectivity index (χ4n) is 2.06. The minimum Gasteiger partial charge on any atom is -0.373 e. The van der Waals surface area contributed by atoms with Gasteiger partial charge in [-0.2, -0.15) is 0 Å². The van der Waals surface area contributed by atoms with Crippen LogP contribution in [0.4, 0.5) is 5.69 Å². The van der Waals surface area contributed by atoms with Crippen molar-refractivity contribution in [1.82, 2.24) is 4.90 Å². The number of hydrogen-bond acceptors (Lipinski definition) is 2. The van der Waals surface area contributed by atoms with Crippen molar-refractivity contribution in [3.8, 4) is 0 Å². The van der Waals surface area contributed by atoms with Crippen molar-refractivity contribution in [3.63, 3.8) is 0 Å². The van der Waals surface area contributed by atoms with Crippen molar-refractivity contribution < 1.29 is 0 Å². The fourth-order valence-corrected chi connectivity index (χ4v) is 2.06. The minimum absolute atomic E-state index is 0.594. The normalized spacial score (nSPS) is 11.3. The number of hydrogen-bond donors (Lipinski definition) is 0. The first-order valence-electron chi connectivity index (χ1n) is 6.94. The Balaban J connectivity index is 2.92. The molecule has 0 aliphatic carbocycles. The number of anilines is 1. The van der Waals surface area contributed by atoms with Crippen LogP contribution in [0.15, 0.2) is 18.2 Å². The Morgan fingerprint density at radius 3 is 2.22 bits per heavy atom. The van der Waals surface area contributed by atoms with Crippen LogP contribution >= 0.6 is 0 Å². The van der Waals surface area contributed by atoms with Gasteiger partial charge in [-0.25, -0.2) is 0 Å². The van der Waals surface area contributed by atoms with Crippen LogP contribution in [-0.2, 0) is 6.42 Å². The van der Waals surface area contributed by atoms with Gasteiger partial charge in [-0.05, 0) is 43.6 Å². The van der Waals surface area contributed by atoms with Crippen LogP contribution < -0.4 is 4.90 Å². The summed E-state index contributed by atoms with van der Waals surface area (Å²) in [7, 11) is 6.44. The molecule has 0 heterocycles. The Hall–Kier alpha value is -1.02. The smallest absolute Gasteiger partial charge is 0.0399 e. The zero-order valence-corrected chi connectivity index (χ0v) is 12.8. The molecule has 0 N–H and O–H groups in total. The van der Waals surface area contributed by atoms with Crippen LogP contribution in [0.1, 0.15) is 37.8 Å². The first kappa shape index (κ1) is 15.0. The van der Waals surface area contributed by atoms with Gasteiger partial charge in [-0.3, -0.25) is 0 Å². The summed E-state index contributed by atoms with van der Waals surface area (Å²) < 4.78 is 0. The predicted octanol–water partition coefficient (Wildman–Crippen LogP) is 3.37. The van der Waals surface area contributed by atoms with E-state index in [1.165, 1.54) is 16.8 Å². The molecule has 18 heavy (non-hydrogen) atoms. The summed E-state index contributed by atoms with van der Waals surface area (Å²) in [5.41, 5.74) is 4.27. The average molecular weight is 248 g/mol. The quantitative estimate of drug-likeness (QED) is 0.761.